The third-order valence-electron chi connectivity index (χ3n) is 4.79. The molecule has 2 aromatic carbocycles. The van der Waals surface area contributed by atoms with Gasteiger partial charge in [0.25, 0.3) is 11.8 Å². The van der Waals surface area contributed by atoms with E-state index in [0.717, 1.165) is 0 Å². The van der Waals surface area contributed by atoms with Crippen molar-refractivity contribution in [2.24, 2.45) is 5.92 Å². The van der Waals surface area contributed by atoms with Gasteiger partial charge in [-0.15, -0.1) is 0 Å². The number of carbonyl (C=O) groups is 3. The second-order valence-electron chi connectivity index (χ2n) is 6.75. The van der Waals surface area contributed by atoms with Crippen LogP contribution in [0.25, 0.3) is 0 Å². The zero-order valence-corrected chi connectivity index (χ0v) is 15.6. The number of benzene rings is 2. The number of halogens is 1. The van der Waals surface area contributed by atoms with Crippen molar-refractivity contribution < 1.29 is 18.8 Å². The third kappa shape index (κ3) is 4.54. The van der Waals surface area contributed by atoms with E-state index in [1.54, 1.807) is 36.2 Å². The van der Waals surface area contributed by atoms with Crippen molar-refractivity contribution in [2.75, 3.05) is 25.5 Å². The van der Waals surface area contributed by atoms with Crippen LogP contribution in [-0.4, -0.2) is 42.8 Å². The summed E-state index contributed by atoms with van der Waals surface area (Å²) in [5.74, 6) is -1.37. The summed E-state index contributed by atoms with van der Waals surface area (Å²) in [6.07, 6.45) is 1.39. The predicted molar refractivity (Wildman–Crippen MR) is 103 cm³/mol. The minimum absolute atomic E-state index is 0.189. The van der Waals surface area contributed by atoms with E-state index < -0.39 is 5.82 Å². The molecule has 0 spiro atoms. The number of rotatable bonds is 4. The summed E-state index contributed by atoms with van der Waals surface area (Å²) in [4.78, 5) is 38.6. The summed E-state index contributed by atoms with van der Waals surface area (Å²) in [6, 6.07) is 12.1. The lowest BCUT2D eigenvalue weighted by Gasteiger charge is -2.32. The molecular weight excluding hydrogens is 361 g/mol. The summed E-state index contributed by atoms with van der Waals surface area (Å²) < 4.78 is 13.1. The van der Waals surface area contributed by atoms with E-state index in [2.05, 4.69) is 10.6 Å². The molecule has 28 heavy (non-hydrogen) atoms. The fourth-order valence-corrected chi connectivity index (χ4v) is 3.28. The maximum absolute atomic E-state index is 13.1. The molecule has 0 aromatic heterocycles. The maximum Gasteiger partial charge on any atom is 0.253 e. The number of carbonyl (C=O) groups excluding carboxylic acids is 3. The maximum atomic E-state index is 13.1. The summed E-state index contributed by atoms with van der Waals surface area (Å²) in [5.41, 5.74) is 1.39. The number of hydrogen-bond acceptors (Lipinski definition) is 3. The zero-order chi connectivity index (χ0) is 20.1. The quantitative estimate of drug-likeness (QED) is 0.852. The first-order valence-corrected chi connectivity index (χ1v) is 9.16. The van der Waals surface area contributed by atoms with Crippen molar-refractivity contribution in [2.45, 2.75) is 12.8 Å². The number of anilines is 1. The highest BCUT2D eigenvalue weighted by Gasteiger charge is 2.29. The Bertz CT molecular complexity index is 883. The largest absolute Gasteiger partial charge is 0.355 e. The van der Waals surface area contributed by atoms with E-state index in [4.69, 9.17) is 0 Å². The van der Waals surface area contributed by atoms with Crippen LogP contribution in [0.1, 0.15) is 33.6 Å². The lowest BCUT2D eigenvalue weighted by Crippen LogP contribution is -2.43. The zero-order valence-electron chi connectivity index (χ0n) is 15.6. The Morgan fingerprint density at radius 1 is 1.07 bits per heavy atom. The van der Waals surface area contributed by atoms with Crippen LogP contribution in [0.2, 0.25) is 0 Å². The van der Waals surface area contributed by atoms with Gasteiger partial charge in [0.1, 0.15) is 5.82 Å². The van der Waals surface area contributed by atoms with Gasteiger partial charge in [0.15, 0.2) is 0 Å². The van der Waals surface area contributed by atoms with Crippen molar-refractivity contribution in [3.8, 4) is 0 Å². The Labute approximate surface area is 162 Å². The first-order chi connectivity index (χ1) is 13.5. The molecule has 1 atom stereocenters. The van der Waals surface area contributed by atoms with Crippen molar-refractivity contribution in [1.29, 1.82) is 0 Å². The molecule has 1 fully saturated rings. The Kier molecular flexibility index (Phi) is 6.03. The van der Waals surface area contributed by atoms with E-state index >= 15 is 0 Å². The molecule has 6 nitrogen and oxygen atoms in total. The highest BCUT2D eigenvalue weighted by Crippen LogP contribution is 2.21. The van der Waals surface area contributed by atoms with Crippen molar-refractivity contribution in [3.63, 3.8) is 0 Å². The first-order valence-electron chi connectivity index (χ1n) is 9.16. The van der Waals surface area contributed by atoms with Gasteiger partial charge in [0, 0.05) is 37.0 Å². The lowest BCUT2D eigenvalue weighted by atomic mass is 9.96. The van der Waals surface area contributed by atoms with Gasteiger partial charge in [-0.2, -0.15) is 0 Å². The molecule has 2 N–H and O–H groups in total. The Hall–Kier alpha value is -3.22. The molecule has 2 aromatic rings. The molecule has 0 saturated carbocycles. The molecule has 0 aliphatic carbocycles. The van der Waals surface area contributed by atoms with Crippen LogP contribution in [0.3, 0.4) is 0 Å². The van der Waals surface area contributed by atoms with Crippen LogP contribution in [-0.2, 0) is 4.79 Å². The normalized spacial score (nSPS) is 16.4. The second kappa shape index (κ2) is 8.65. The molecular formula is C21H22FN3O3. The molecule has 0 bridgehead atoms. The number of amides is 3. The Morgan fingerprint density at radius 3 is 2.54 bits per heavy atom. The summed E-state index contributed by atoms with van der Waals surface area (Å²) >= 11 is 0. The molecule has 1 aliphatic rings. The van der Waals surface area contributed by atoms with E-state index in [1.165, 1.54) is 24.3 Å². The standard InChI is InChI=1S/C21H22FN3O3/c1-23-19(26)15-4-2-6-18(12-15)24-20(27)16-5-3-11-25(13-16)21(28)14-7-9-17(22)10-8-14/h2,4,6-10,12,16H,3,5,11,13H2,1H3,(H,23,26)(H,24,27). The van der Waals surface area contributed by atoms with Gasteiger partial charge >= 0.3 is 0 Å². The van der Waals surface area contributed by atoms with E-state index in [0.29, 0.717) is 42.7 Å². The van der Waals surface area contributed by atoms with Gasteiger partial charge in [0.2, 0.25) is 5.91 Å². The van der Waals surface area contributed by atoms with Gasteiger partial charge in [-0.05, 0) is 55.3 Å². The molecule has 146 valence electrons. The van der Waals surface area contributed by atoms with Crippen molar-refractivity contribution in [1.82, 2.24) is 10.2 Å². The number of nitrogens with one attached hydrogen (secondary N) is 2. The Balaban J connectivity index is 1.65. The molecule has 1 unspecified atom stereocenters. The minimum Gasteiger partial charge on any atom is -0.355 e. The fraction of sp³-hybridized carbons (Fsp3) is 0.286. The topological polar surface area (TPSA) is 78.5 Å². The molecule has 7 heteroatoms. The molecule has 3 amide bonds. The van der Waals surface area contributed by atoms with Crippen molar-refractivity contribution >= 4 is 23.4 Å². The number of piperidine rings is 1. The van der Waals surface area contributed by atoms with Gasteiger partial charge in [-0.1, -0.05) is 6.07 Å². The number of nitrogens with zero attached hydrogens (tertiary/aromatic N) is 1. The van der Waals surface area contributed by atoms with Crippen molar-refractivity contribution in [3.05, 3.63) is 65.5 Å². The summed E-state index contributed by atoms with van der Waals surface area (Å²) in [5, 5.41) is 5.37. The Morgan fingerprint density at radius 2 is 1.82 bits per heavy atom. The fourth-order valence-electron chi connectivity index (χ4n) is 3.28. The van der Waals surface area contributed by atoms with Crippen LogP contribution in [0.15, 0.2) is 48.5 Å². The molecule has 0 radical (unpaired) electrons. The minimum atomic E-state index is -0.397. The van der Waals surface area contributed by atoms with Gasteiger partial charge < -0.3 is 15.5 Å². The van der Waals surface area contributed by atoms with E-state index in [1.807, 2.05) is 0 Å². The van der Waals surface area contributed by atoms with Crippen LogP contribution in [0, 0.1) is 11.7 Å². The smallest absolute Gasteiger partial charge is 0.253 e. The van der Waals surface area contributed by atoms with Crippen LogP contribution >= 0.6 is 0 Å². The summed E-state index contributed by atoms with van der Waals surface area (Å²) in [6.45, 7) is 0.864. The highest BCUT2D eigenvalue weighted by atomic mass is 19.1. The molecule has 1 saturated heterocycles. The number of likely N-dealkylation sites (tertiary alicyclic amines) is 1. The van der Waals surface area contributed by atoms with Gasteiger partial charge in [0.05, 0.1) is 5.92 Å². The molecule has 1 heterocycles. The highest BCUT2D eigenvalue weighted by molar-refractivity contribution is 5.98. The first kappa shape index (κ1) is 19.5. The average Bonchev–Trinajstić information content (AvgIpc) is 2.73. The SMILES string of the molecule is CNC(=O)c1cccc(NC(=O)C2CCCN(C(=O)c3ccc(F)cc3)C2)c1. The molecule has 1 aliphatic heterocycles. The number of hydrogen-bond donors (Lipinski definition) is 2. The van der Waals surface area contributed by atoms with E-state index in [9.17, 15) is 18.8 Å². The van der Waals surface area contributed by atoms with Crippen LogP contribution in [0.4, 0.5) is 10.1 Å². The lowest BCUT2D eigenvalue weighted by molar-refractivity contribution is -0.121. The van der Waals surface area contributed by atoms with Gasteiger partial charge in [-0.25, -0.2) is 4.39 Å². The summed E-state index contributed by atoms with van der Waals surface area (Å²) in [7, 11) is 1.54. The average molecular weight is 383 g/mol. The van der Waals surface area contributed by atoms with Crippen LogP contribution in [0.5, 0.6) is 0 Å². The van der Waals surface area contributed by atoms with E-state index in [-0.39, 0.29) is 23.6 Å². The van der Waals surface area contributed by atoms with Crippen LogP contribution < -0.4 is 10.6 Å². The monoisotopic (exact) mass is 383 g/mol. The third-order valence-corrected chi connectivity index (χ3v) is 4.79. The predicted octanol–water partition coefficient (Wildman–Crippen LogP) is 2.68. The molecule has 3 rings (SSSR count). The second-order valence-corrected chi connectivity index (χ2v) is 6.75. The van der Waals surface area contributed by atoms with Gasteiger partial charge in [-0.3, -0.25) is 14.4 Å².